The highest BCUT2D eigenvalue weighted by Crippen LogP contribution is 2.13. The molecule has 0 aromatic rings. The highest BCUT2D eigenvalue weighted by molar-refractivity contribution is 8.13. The number of hydrogen-bond donors (Lipinski definition) is 2. The van der Waals surface area contributed by atoms with Gasteiger partial charge in [0.05, 0.1) is 0 Å². The molecule has 2 N–H and O–H groups in total. The molecule has 0 spiro atoms. The normalized spacial score (nSPS) is 31.8. The molecule has 2 rings (SSSR count). The fraction of sp³-hybridized carbons (Fsp3) is 0.875. The van der Waals surface area contributed by atoms with E-state index < -0.39 is 0 Å². The van der Waals surface area contributed by atoms with E-state index >= 15 is 0 Å². The Morgan fingerprint density at radius 2 is 2.08 bits per heavy atom. The summed E-state index contributed by atoms with van der Waals surface area (Å²) in [6.45, 7) is 3.61. The smallest absolute Gasteiger partial charge is 0.0166 e. The highest BCUT2D eigenvalue weighted by Gasteiger charge is 2.11. The average molecular weight is 187 g/mol. The molecule has 2 heterocycles. The molecule has 70 valence electrons. The minimum atomic E-state index is 0.315. The summed E-state index contributed by atoms with van der Waals surface area (Å²) in [4.78, 5) is 3.56. The lowest BCUT2D eigenvalue weighted by atomic mass is 10.2. The molecule has 0 bridgehead atoms. The Morgan fingerprint density at radius 1 is 1.25 bits per heavy atom. The van der Waals surface area contributed by atoms with Crippen molar-refractivity contribution in [3.05, 3.63) is 0 Å². The number of hydrazine groups is 1. The van der Waals surface area contributed by atoms with Gasteiger partial charge >= 0.3 is 0 Å². The Kier molecular flexibility index (Phi) is 3.16. The van der Waals surface area contributed by atoms with Crippen LogP contribution in [0.5, 0.6) is 0 Å². The zero-order valence-corrected chi connectivity index (χ0v) is 8.20. The molecular weight excluding hydrogens is 170 g/mol. The summed E-state index contributed by atoms with van der Waals surface area (Å²) in [7, 11) is 0.315. The molecule has 0 aromatic heterocycles. The van der Waals surface area contributed by atoms with Crippen LogP contribution >= 0.6 is 10.7 Å². The van der Waals surface area contributed by atoms with E-state index in [1.807, 2.05) is 0 Å². The van der Waals surface area contributed by atoms with Gasteiger partial charge in [0, 0.05) is 30.9 Å². The van der Waals surface area contributed by atoms with Crippen LogP contribution in [-0.2, 0) is 0 Å². The van der Waals surface area contributed by atoms with Crippen LogP contribution in [0.1, 0.15) is 19.3 Å². The van der Waals surface area contributed by atoms with Crippen LogP contribution in [0.15, 0.2) is 0 Å². The van der Waals surface area contributed by atoms with Crippen LogP contribution in [0.2, 0.25) is 0 Å². The second-order valence-electron chi connectivity index (χ2n) is 3.34. The molecule has 0 radical (unpaired) electrons. The number of rotatable bonds is 2. The minimum Gasteiger partial charge on any atom is -0.288 e. The first-order valence-electron chi connectivity index (χ1n) is 4.73. The summed E-state index contributed by atoms with van der Waals surface area (Å²) in [5, 5.41) is 5.65. The highest BCUT2D eigenvalue weighted by atomic mass is 32.2. The summed E-state index contributed by atoms with van der Waals surface area (Å²) >= 11 is 0. The van der Waals surface area contributed by atoms with E-state index in [0.717, 1.165) is 6.54 Å². The van der Waals surface area contributed by atoms with E-state index in [4.69, 9.17) is 0 Å². The molecule has 2 aliphatic heterocycles. The van der Waals surface area contributed by atoms with Crippen molar-refractivity contribution < 1.29 is 0 Å². The van der Waals surface area contributed by atoms with Crippen molar-refractivity contribution in [3.63, 3.8) is 0 Å². The first-order valence-corrected chi connectivity index (χ1v) is 6.18. The topological polar surface area (TPSA) is 27.3 Å². The first-order chi connectivity index (χ1) is 5.95. The average Bonchev–Trinajstić information content (AvgIpc) is 2.59. The second kappa shape index (κ2) is 4.37. The van der Waals surface area contributed by atoms with E-state index in [9.17, 15) is 0 Å². The van der Waals surface area contributed by atoms with Crippen LogP contribution in [0.3, 0.4) is 0 Å². The van der Waals surface area contributed by atoms with Gasteiger partial charge in [-0.05, 0) is 12.8 Å². The van der Waals surface area contributed by atoms with Crippen LogP contribution in [0.4, 0.5) is 0 Å². The Labute approximate surface area is 76.5 Å². The molecule has 0 aliphatic carbocycles. The lowest BCUT2D eigenvalue weighted by Gasteiger charge is -2.27. The number of piperidine rings is 1. The van der Waals surface area contributed by atoms with Crippen molar-refractivity contribution in [1.82, 2.24) is 15.2 Å². The quantitative estimate of drug-likeness (QED) is 0.617. The van der Waals surface area contributed by atoms with Crippen molar-refractivity contribution in [3.8, 4) is 0 Å². The zero-order chi connectivity index (χ0) is 8.23. The zero-order valence-electron chi connectivity index (χ0n) is 7.38. The molecule has 0 amide bonds. The fourth-order valence-corrected chi connectivity index (χ4v) is 3.04. The maximum Gasteiger partial charge on any atom is 0.0166 e. The molecular formula is C8H17N3S. The van der Waals surface area contributed by atoms with Gasteiger partial charge in [-0.1, -0.05) is 17.1 Å². The molecule has 1 atom stereocenters. The summed E-state index contributed by atoms with van der Waals surface area (Å²) in [6, 6.07) is 0. The molecule has 1 saturated heterocycles. The van der Waals surface area contributed by atoms with Crippen molar-refractivity contribution in [2.24, 2.45) is 0 Å². The van der Waals surface area contributed by atoms with E-state index in [1.165, 1.54) is 38.1 Å². The molecule has 0 saturated carbocycles. The molecule has 3 nitrogen and oxygen atoms in total. The van der Waals surface area contributed by atoms with Gasteiger partial charge in [0.1, 0.15) is 0 Å². The third-order valence-corrected chi connectivity index (χ3v) is 3.88. The molecule has 0 aromatic carbocycles. The van der Waals surface area contributed by atoms with Gasteiger partial charge in [0.2, 0.25) is 0 Å². The van der Waals surface area contributed by atoms with E-state index in [0.29, 0.717) is 10.7 Å². The van der Waals surface area contributed by atoms with E-state index in [2.05, 4.69) is 20.6 Å². The van der Waals surface area contributed by atoms with Gasteiger partial charge in [-0.2, -0.15) is 0 Å². The lowest BCUT2D eigenvalue weighted by molar-refractivity contribution is 0.207. The lowest BCUT2D eigenvalue weighted by Crippen LogP contribution is -2.38. The number of nitrogens with zero attached hydrogens (tertiary/aromatic N) is 1. The standard InChI is InChI=1S/C8H17N3S/c1-2-5-11(6-3-1)10-12-7-4-9-8-12/h8-10H,1-7H2. The summed E-state index contributed by atoms with van der Waals surface area (Å²) < 4.78 is 0. The van der Waals surface area contributed by atoms with Gasteiger partial charge in [0.25, 0.3) is 0 Å². The van der Waals surface area contributed by atoms with Gasteiger partial charge in [-0.15, -0.1) is 0 Å². The predicted octanol–water partition coefficient (Wildman–Crippen LogP) is 0.524. The Bertz CT molecular complexity index is 175. The Balaban J connectivity index is 1.77. The van der Waals surface area contributed by atoms with Crippen LogP contribution in [-0.4, -0.2) is 35.9 Å². The molecule has 2 aliphatic rings. The monoisotopic (exact) mass is 187 g/mol. The molecule has 1 unspecified atom stereocenters. The Hall–Kier alpha value is 0.1000. The van der Waals surface area contributed by atoms with Gasteiger partial charge < -0.3 is 0 Å². The first kappa shape index (κ1) is 8.69. The largest absolute Gasteiger partial charge is 0.288 e. The van der Waals surface area contributed by atoms with Gasteiger partial charge in [-0.25, -0.2) is 9.84 Å². The van der Waals surface area contributed by atoms with E-state index in [-0.39, 0.29) is 0 Å². The van der Waals surface area contributed by atoms with Gasteiger partial charge in [-0.3, -0.25) is 5.32 Å². The maximum absolute atomic E-state index is 3.56. The third-order valence-electron chi connectivity index (χ3n) is 2.29. The maximum atomic E-state index is 3.56. The number of hydrogen-bond acceptors (Lipinski definition) is 3. The van der Waals surface area contributed by atoms with Crippen molar-refractivity contribution >= 4 is 16.2 Å². The Morgan fingerprint density at radius 3 is 2.75 bits per heavy atom. The van der Waals surface area contributed by atoms with Crippen molar-refractivity contribution in [2.75, 3.05) is 25.4 Å². The molecule has 4 heteroatoms. The number of nitrogens with one attached hydrogen (secondary N) is 2. The minimum absolute atomic E-state index is 0.315. The summed E-state index contributed by atoms with van der Waals surface area (Å²) in [6.07, 6.45) is 4.13. The SMILES string of the molecule is C1=S(NN2CCCCC2)CCN1. The fourth-order valence-electron chi connectivity index (χ4n) is 1.61. The summed E-state index contributed by atoms with van der Waals surface area (Å²) in [5.74, 6) is 1.26. The second-order valence-corrected chi connectivity index (χ2v) is 5.03. The van der Waals surface area contributed by atoms with Crippen LogP contribution in [0.25, 0.3) is 0 Å². The van der Waals surface area contributed by atoms with Crippen molar-refractivity contribution in [2.45, 2.75) is 19.3 Å². The summed E-state index contributed by atoms with van der Waals surface area (Å²) in [5.41, 5.74) is 2.20. The predicted molar refractivity (Wildman–Crippen MR) is 55.1 cm³/mol. The van der Waals surface area contributed by atoms with Crippen molar-refractivity contribution in [1.29, 1.82) is 0 Å². The van der Waals surface area contributed by atoms with Crippen LogP contribution < -0.4 is 10.1 Å². The van der Waals surface area contributed by atoms with E-state index in [1.54, 1.807) is 0 Å². The third kappa shape index (κ3) is 2.29. The van der Waals surface area contributed by atoms with Gasteiger partial charge in [0.15, 0.2) is 0 Å². The van der Waals surface area contributed by atoms with Crippen LogP contribution in [0, 0.1) is 0 Å². The molecule has 1 fully saturated rings. The molecule has 12 heavy (non-hydrogen) atoms.